The van der Waals surface area contributed by atoms with Gasteiger partial charge in [0.1, 0.15) is 5.52 Å². The van der Waals surface area contributed by atoms with Gasteiger partial charge in [0.15, 0.2) is 5.65 Å². The lowest BCUT2D eigenvalue weighted by Gasteiger charge is -2.10. The summed E-state index contributed by atoms with van der Waals surface area (Å²) in [6, 6.07) is 15.6. The van der Waals surface area contributed by atoms with E-state index in [1.807, 2.05) is 43.5 Å². The van der Waals surface area contributed by atoms with Gasteiger partial charge in [-0.05, 0) is 67.8 Å². The Morgan fingerprint density at radius 1 is 1.13 bits per heavy atom. The molecule has 0 saturated heterocycles. The van der Waals surface area contributed by atoms with E-state index in [4.69, 9.17) is 0 Å². The SMILES string of the molecule is Cc1ccc2[nH]cc(CCNC(=O)c3ccc(C)c(-n4nnc5cccnc54)c3)c2c1. The van der Waals surface area contributed by atoms with Gasteiger partial charge in [-0.25, -0.2) is 4.98 Å². The van der Waals surface area contributed by atoms with Gasteiger partial charge in [-0.1, -0.05) is 22.9 Å². The largest absolute Gasteiger partial charge is 0.361 e. The van der Waals surface area contributed by atoms with Crippen molar-refractivity contribution in [1.29, 1.82) is 0 Å². The summed E-state index contributed by atoms with van der Waals surface area (Å²) in [6.45, 7) is 4.62. The van der Waals surface area contributed by atoms with E-state index in [-0.39, 0.29) is 5.91 Å². The van der Waals surface area contributed by atoms with Gasteiger partial charge in [0, 0.05) is 35.4 Å². The highest BCUT2D eigenvalue weighted by atomic mass is 16.1. The number of pyridine rings is 1. The first kappa shape index (κ1) is 19.0. The van der Waals surface area contributed by atoms with Crippen molar-refractivity contribution < 1.29 is 4.79 Å². The minimum atomic E-state index is -0.116. The average Bonchev–Trinajstić information content (AvgIpc) is 3.38. The number of hydrogen-bond acceptors (Lipinski definition) is 4. The Bertz CT molecular complexity index is 1410. The molecule has 0 aliphatic carbocycles. The maximum atomic E-state index is 12.8. The number of benzene rings is 2. The van der Waals surface area contributed by atoms with E-state index in [9.17, 15) is 4.79 Å². The summed E-state index contributed by atoms with van der Waals surface area (Å²) >= 11 is 0. The van der Waals surface area contributed by atoms with Crippen LogP contribution in [0, 0.1) is 13.8 Å². The highest BCUT2D eigenvalue weighted by Gasteiger charge is 2.13. The Morgan fingerprint density at radius 3 is 2.94 bits per heavy atom. The Kier molecular flexibility index (Phi) is 4.71. The van der Waals surface area contributed by atoms with Crippen LogP contribution in [0.2, 0.25) is 0 Å². The highest BCUT2D eigenvalue weighted by Crippen LogP contribution is 2.21. The zero-order valence-corrected chi connectivity index (χ0v) is 17.4. The maximum Gasteiger partial charge on any atom is 0.251 e. The predicted molar refractivity (Wildman–Crippen MR) is 120 cm³/mol. The Morgan fingerprint density at radius 2 is 2.03 bits per heavy atom. The predicted octanol–water partition coefficient (Wildman–Crippen LogP) is 3.89. The van der Waals surface area contributed by atoms with Crippen molar-refractivity contribution in [2.45, 2.75) is 20.3 Å². The van der Waals surface area contributed by atoms with E-state index in [0.717, 1.165) is 23.2 Å². The normalized spacial score (nSPS) is 11.3. The summed E-state index contributed by atoms with van der Waals surface area (Å²) in [5.74, 6) is -0.116. The van der Waals surface area contributed by atoms with Gasteiger partial charge in [-0.3, -0.25) is 4.79 Å². The van der Waals surface area contributed by atoms with E-state index < -0.39 is 0 Å². The summed E-state index contributed by atoms with van der Waals surface area (Å²) in [4.78, 5) is 20.5. The van der Waals surface area contributed by atoms with Crippen LogP contribution < -0.4 is 5.32 Å². The number of aromatic amines is 1. The molecule has 154 valence electrons. The molecule has 2 aromatic carbocycles. The quantitative estimate of drug-likeness (QED) is 0.460. The number of aryl methyl sites for hydroxylation is 2. The first-order valence-electron chi connectivity index (χ1n) is 10.2. The Labute approximate surface area is 179 Å². The van der Waals surface area contributed by atoms with Gasteiger partial charge in [0.2, 0.25) is 0 Å². The molecule has 0 spiro atoms. The van der Waals surface area contributed by atoms with Crippen molar-refractivity contribution in [2.75, 3.05) is 6.54 Å². The standard InChI is InChI=1S/C24H22N6O/c1-15-5-8-20-19(12-15)18(14-27-20)9-11-26-24(31)17-7-6-16(2)22(13-17)30-23-21(28-29-30)4-3-10-25-23/h3-8,10,12-14,27H,9,11H2,1-2H3,(H,26,31). The van der Waals surface area contributed by atoms with E-state index >= 15 is 0 Å². The van der Waals surface area contributed by atoms with Crippen molar-refractivity contribution >= 4 is 28.0 Å². The molecule has 0 bridgehead atoms. The molecule has 5 aromatic rings. The number of aromatic nitrogens is 5. The van der Waals surface area contributed by atoms with Gasteiger partial charge in [-0.15, -0.1) is 5.10 Å². The van der Waals surface area contributed by atoms with Crippen molar-refractivity contribution in [3.63, 3.8) is 0 Å². The van der Waals surface area contributed by atoms with Crippen LogP contribution in [0.25, 0.3) is 27.8 Å². The van der Waals surface area contributed by atoms with Gasteiger partial charge in [0.25, 0.3) is 5.91 Å². The summed E-state index contributed by atoms with van der Waals surface area (Å²) in [5.41, 5.74) is 7.27. The summed E-state index contributed by atoms with van der Waals surface area (Å²) in [6.07, 6.45) is 4.48. The number of H-pyrrole nitrogens is 1. The highest BCUT2D eigenvalue weighted by molar-refractivity contribution is 5.95. The molecule has 31 heavy (non-hydrogen) atoms. The fourth-order valence-electron chi connectivity index (χ4n) is 3.82. The monoisotopic (exact) mass is 410 g/mol. The molecule has 0 saturated carbocycles. The molecule has 0 radical (unpaired) electrons. The van der Waals surface area contributed by atoms with E-state index in [2.05, 4.69) is 50.7 Å². The molecule has 7 heteroatoms. The second-order valence-corrected chi connectivity index (χ2v) is 7.72. The van der Waals surface area contributed by atoms with Gasteiger partial charge >= 0.3 is 0 Å². The molecule has 0 aliphatic heterocycles. The number of hydrogen-bond donors (Lipinski definition) is 2. The van der Waals surface area contributed by atoms with Crippen molar-refractivity contribution in [1.82, 2.24) is 30.3 Å². The number of amides is 1. The molecule has 0 aliphatic rings. The smallest absolute Gasteiger partial charge is 0.251 e. The van der Waals surface area contributed by atoms with Crippen LogP contribution in [0.1, 0.15) is 27.0 Å². The first-order valence-corrected chi connectivity index (χ1v) is 10.2. The van der Waals surface area contributed by atoms with E-state index in [0.29, 0.717) is 23.3 Å². The fourth-order valence-corrected chi connectivity index (χ4v) is 3.82. The van der Waals surface area contributed by atoms with Crippen LogP contribution in [0.3, 0.4) is 0 Å². The maximum absolute atomic E-state index is 12.8. The second-order valence-electron chi connectivity index (χ2n) is 7.72. The van der Waals surface area contributed by atoms with Crippen LogP contribution >= 0.6 is 0 Å². The van der Waals surface area contributed by atoms with Crippen LogP contribution in [0.5, 0.6) is 0 Å². The topological polar surface area (TPSA) is 88.5 Å². The summed E-state index contributed by atoms with van der Waals surface area (Å²) in [5, 5.41) is 12.6. The van der Waals surface area contributed by atoms with Gasteiger partial charge < -0.3 is 10.3 Å². The third kappa shape index (κ3) is 3.54. The van der Waals surface area contributed by atoms with Crippen LogP contribution in [0.4, 0.5) is 0 Å². The molecule has 3 aromatic heterocycles. The molecule has 0 atom stereocenters. The van der Waals surface area contributed by atoms with Gasteiger partial charge in [-0.2, -0.15) is 4.68 Å². The Balaban J connectivity index is 1.34. The van der Waals surface area contributed by atoms with Crippen molar-refractivity contribution in [3.05, 3.63) is 83.2 Å². The second kappa shape index (κ2) is 7.68. The molecule has 0 unspecified atom stereocenters. The van der Waals surface area contributed by atoms with Crippen LogP contribution in [0.15, 0.2) is 60.9 Å². The summed E-state index contributed by atoms with van der Waals surface area (Å²) < 4.78 is 1.68. The molecule has 7 nitrogen and oxygen atoms in total. The zero-order valence-electron chi connectivity index (χ0n) is 17.4. The number of carbonyl (C=O) groups is 1. The lowest BCUT2D eigenvalue weighted by Crippen LogP contribution is -2.25. The molecular formula is C24H22N6O. The van der Waals surface area contributed by atoms with E-state index in [1.54, 1.807) is 10.9 Å². The van der Waals surface area contributed by atoms with Crippen LogP contribution in [-0.2, 0) is 6.42 Å². The van der Waals surface area contributed by atoms with Crippen LogP contribution in [-0.4, -0.2) is 37.4 Å². The number of nitrogens with zero attached hydrogens (tertiary/aromatic N) is 4. The minimum absolute atomic E-state index is 0.116. The molecule has 0 fully saturated rings. The molecule has 1 amide bonds. The summed E-state index contributed by atoms with van der Waals surface area (Å²) in [7, 11) is 0. The van der Waals surface area contributed by atoms with E-state index in [1.165, 1.54) is 16.5 Å². The minimum Gasteiger partial charge on any atom is -0.361 e. The van der Waals surface area contributed by atoms with Crippen molar-refractivity contribution in [2.24, 2.45) is 0 Å². The Hall–Kier alpha value is -4.00. The third-order valence-corrected chi connectivity index (χ3v) is 5.51. The average molecular weight is 410 g/mol. The molecule has 2 N–H and O–H groups in total. The number of carbonyl (C=O) groups excluding carboxylic acids is 1. The zero-order chi connectivity index (χ0) is 21.4. The number of fused-ring (bicyclic) bond motifs is 2. The molecule has 3 heterocycles. The molecule has 5 rings (SSSR count). The fraction of sp³-hybridized carbons (Fsp3) is 0.167. The lowest BCUT2D eigenvalue weighted by molar-refractivity contribution is 0.0954. The third-order valence-electron chi connectivity index (χ3n) is 5.51. The van der Waals surface area contributed by atoms with Gasteiger partial charge in [0.05, 0.1) is 5.69 Å². The molecular weight excluding hydrogens is 388 g/mol. The number of rotatable bonds is 5. The number of nitrogens with one attached hydrogen (secondary N) is 2. The van der Waals surface area contributed by atoms with Crippen molar-refractivity contribution in [3.8, 4) is 5.69 Å². The lowest BCUT2D eigenvalue weighted by atomic mass is 10.1. The first-order chi connectivity index (χ1) is 15.1.